The van der Waals surface area contributed by atoms with Crippen molar-refractivity contribution in [2.24, 2.45) is 39.4 Å². The van der Waals surface area contributed by atoms with E-state index < -0.39 is 0 Å². The second-order valence-electron chi connectivity index (χ2n) is 14.5. The quantitative estimate of drug-likeness (QED) is 0.359. The number of aliphatic hydroxyl groups is 1. The molecule has 5 rings (SSSR count). The van der Waals surface area contributed by atoms with Gasteiger partial charge in [-0.25, -0.2) is 0 Å². The van der Waals surface area contributed by atoms with Crippen LogP contribution in [0.1, 0.15) is 120 Å². The Balaban J connectivity index is 1.44. The van der Waals surface area contributed by atoms with Crippen molar-refractivity contribution >= 4 is 0 Å². The van der Waals surface area contributed by atoms with Crippen molar-refractivity contribution in [1.29, 1.82) is 0 Å². The molecular formula is C30H50O2. The lowest BCUT2D eigenvalue weighted by Gasteiger charge is -2.69. The van der Waals surface area contributed by atoms with Crippen LogP contribution in [0.25, 0.3) is 0 Å². The third-order valence-electron chi connectivity index (χ3n) is 12.9. The van der Waals surface area contributed by atoms with Gasteiger partial charge in [-0.05, 0) is 124 Å². The highest BCUT2D eigenvalue weighted by Gasteiger charge is 2.79. The monoisotopic (exact) mass is 442 g/mol. The van der Waals surface area contributed by atoms with E-state index in [9.17, 15) is 5.11 Å². The van der Waals surface area contributed by atoms with E-state index >= 15 is 0 Å². The van der Waals surface area contributed by atoms with Crippen LogP contribution in [0.5, 0.6) is 0 Å². The first kappa shape index (κ1) is 23.4. The van der Waals surface area contributed by atoms with Gasteiger partial charge in [0.2, 0.25) is 0 Å². The lowest BCUT2D eigenvalue weighted by molar-refractivity contribution is -0.221. The Labute approximate surface area is 198 Å². The lowest BCUT2D eigenvalue weighted by atomic mass is 9.35. The first-order valence-corrected chi connectivity index (χ1v) is 13.8. The average Bonchev–Trinajstić information content (AvgIpc) is 3.16. The number of epoxide rings is 1. The summed E-state index contributed by atoms with van der Waals surface area (Å²) in [6.07, 6.45) is 14.8. The van der Waals surface area contributed by atoms with Gasteiger partial charge in [0, 0.05) is 0 Å². The molecule has 4 aliphatic carbocycles. The van der Waals surface area contributed by atoms with Crippen molar-refractivity contribution < 1.29 is 9.84 Å². The van der Waals surface area contributed by atoms with Gasteiger partial charge in [-0.1, -0.05) is 46.3 Å². The van der Waals surface area contributed by atoms with Crippen LogP contribution in [0.4, 0.5) is 0 Å². The highest BCUT2D eigenvalue weighted by atomic mass is 16.6. The van der Waals surface area contributed by atoms with Gasteiger partial charge in [0.15, 0.2) is 0 Å². The van der Waals surface area contributed by atoms with Crippen molar-refractivity contribution in [2.75, 3.05) is 0 Å². The van der Waals surface area contributed by atoms with Gasteiger partial charge >= 0.3 is 0 Å². The predicted molar refractivity (Wildman–Crippen MR) is 132 cm³/mol. The Kier molecular flexibility index (Phi) is 5.02. The molecule has 0 bridgehead atoms. The third-order valence-corrected chi connectivity index (χ3v) is 12.9. The van der Waals surface area contributed by atoms with E-state index in [-0.39, 0.29) is 22.7 Å². The number of fused-ring (bicyclic) bond motifs is 6. The zero-order chi connectivity index (χ0) is 23.4. The first-order valence-electron chi connectivity index (χ1n) is 13.8. The Morgan fingerprint density at radius 2 is 1.47 bits per heavy atom. The van der Waals surface area contributed by atoms with Gasteiger partial charge in [0.25, 0.3) is 0 Å². The number of hydrogen-bond donors (Lipinski definition) is 1. The number of hydrogen-bond acceptors (Lipinski definition) is 2. The number of ether oxygens (including phenoxy) is 1. The van der Waals surface area contributed by atoms with Crippen LogP contribution in [-0.4, -0.2) is 22.4 Å². The molecule has 0 amide bonds. The maximum Gasteiger partial charge on any atom is 0.101 e. The molecule has 5 aliphatic rings. The SMILES string of the molecule is CC(C)=CCC[C@]1(C)O[C@]12CC[C@@]1(C)[C@H]2CC[C@H]2[C@@]3(C)CC[C@H](O)C(C)(C)[C@@H]3CC[C@@]21C. The number of aliphatic hydroxyl groups excluding tert-OH is 1. The first-order chi connectivity index (χ1) is 14.8. The van der Waals surface area contributed by atoms with Crippen LogP contribution >= 0.6 is 0 Å². The summed E-state index contributed by atoms with van der Waals surface area (Å²) in [6, 6.07) is 0. The van der Waals surface area contributed by atoms with Gasteiger partial charge in [-0.2, -0.15) is 0 Å². The van der Waals surface area contributed by atoms with Gasteiger partial charge in [0.05, 0.1) is 11.7 Å². The summed E-state index contributed by atoms with van der Waals surface area (Å²) < 4.78 is 6.81. The fourth-order valence-corrected chi connectivity index (χ4v) is 10.8. The normalized spacial score (nSPS) is 55.7. The molecule has 32 heavy (non-hydrogen) atoms. The standard InChI is InChI=1S/C30H50O2/c1-20(2)10-9-15-29(8)30(32-29)19-18-28(7)23(30)12-11-22-26(5)16-14-24(31)25(3,4)21(26)13-17-27(22,28)6/h10,21-24,31H,9,11-19H2,1-8H3/t21-,22-,23+,24-,26-,27-,28-,29-,30-/m0/s1. The van der Waals surface area contributed by atoms with E-state index in [2.05, 4.69) is 61.5 Å². The largest absolute Gasteiger partial charge is 0.393 e. The van der Waals surface area contributed by atoms with E-state index in [0.29, 0.717) is 22.2 Å². The van der Waals surface area contributed by atoms with Gasteiger partial charge in [-0.3, -0.25) is 0 Å². The lowest BCUT2D eigenvalue weighted by Crippen LogP contribution is -2.64. The van der Waals surface area contributed by atoms with Gasteiger partial charge in [0.1, 0.15) is 5.60 Å². The molecule has 1 spiro atoms. The molecular weight excluding hydrogens is 392 g/mol. The van der Waals surface area contributed by atoms with Crippen molar-refractivity contribution in [2.45, 2.75) is 137 Å². The minimum absolute atomic E-state index is 0.0477. The zero-order valence-electron chi connectivity index (χ0n) is 22.3. The summed E-state index contributed by atoms with van der Waals surface area (Å²) in [5.74, 6) is 2.15. The number of rotatable bonds is 3. The summed E-state index contributed by atoms with van der Waals surface area (Å²) in [5, 5.41) is 10.9. The van der Waals surface area contributed by atoms with E-state index in [4.69, 9.17) is 4.74 Å². The fraction of sp³-hybridized carbons (Fsp3) is 0.933. The minimum Gasteiger partial charge on any atom is -0.393 e. The van der Waals surface area contributed by atoms with Crippen molar-refractivity contribution in [3.8, 4) is 0 Å². The predicted octanol–water partition coefficient (Wildman–Crippen LogP) is 7.69. The average molecular weight is 443 g/mol. The third kappa shape index (κ3) is 2.72. The molecule has 1 saturated heterocycles. The van der Waals surface area contributed by atoms with Crippen LogP contribution in [-0.2, 0) is 4.74 Å². The van der Waals surface area contributed by atoms with Gasteiger partial charge < -0.3 is 9.84 Å². The van der Waals surface area contributed by atoms with Crippen molar-refractivity contribution in [3.05, 3.63) is 11.6 Å². The maximum absolute atomic E-state index is 10.9. The molecule has 182 valence electrons. The number of allylic oxidation sites excluding steroid dienone is 2. The molecule has 2 heteroatoms. The molecule has 1 heterocycles. The van der Waals surface area contributed by atoms with Gasteiger partial charge in [-0.15, -0.1) is 0 Å². The van der Waals surface area contributed by atoms with E-state index in [1.165, 1.54) is 56.9 Å². The highest BCUT2D eigenvalue weighted by Crippen LogP contribution is 2.79. The van der Waals surface area contributed by atoms with Crippen molar-refractivity contribution in [3.63, 3.8) is 0 Å². The summed E-state index contributed by atoms with van der Waals surface area (Å²) in [7, 11) is 0. The van der Waals surface area contributed by atoms with E-state index in [0.717, 1.165) is 24.7 Å². The second-order valence-corrected chi connectivity index (χ2v) is 14.5. The minimum atomic E-state index is -0.131. The topological polar surface area (TPSA) is 32.8 Å². The van der Waals surface area contributed by atoms with E-state index in [1.807, 2.05) is 0 Å². The summed E-state index contributed by atoms with van der Waals surface area (Å²) >= 11 is 0. The molecule has 4 saturated carbocycles. The Morgan fingerprint density at radius 3 is 2.16 bits per heavy atom. The second kappa shape index (κ2) is 6.87. The maximum atomic E-state index is 10.9. The molecule has 9 atom stereocenters. The molecule has 0 radical (unpaired) electrons. The fourth-order valence-electron chi connectivity index (χ4n) is 10.8. The Hall–Kier alpha value is -0.340. The molecule has 5 fully saturated rings. The molecule has 0 aromatic rings. The van der Waals surface area contributed by atoms with Crippen molar-refractivity contribution in [1.82, 2.24) is 0 Å². The molecule has 0 aromatic heterocycles. The summed E-state index contributed by atoms with van der Waals surface area (Å²) in [4.78, 5) is 0. The molecule has 0 aromatic carbocycles. The molecule has 0 unspecified atom stereocenters. The Morgan fingerprint density at radius 1 is 0.812 bits per heavy atom. The molecule has 1 N–H and O–H groups in total. The highest BCUT2D eigenvalue weighted by molar-refractivity contribution is 5.28. The summed E-state index contributed by atoms with van der Waals surface area (Å²) in [6.45, 7) is 19.5. The smallest absolute Gasteiger partial charge is 0.101 e. The Bertz CT molecular complexity index is 810. The van der Waals surface area contributed by atoms with Crippen LogP contribution in [0, 0.1) is 39.4 Å². The van der Waals surface area contributed by atoms with Crippen LogP contribution in [0.2, 0.25) is 0 Å². The van der Waals surface area contributed by atoms with Crippen LogP contribution < -0.4 is 0 Å². The van der Waals surface area contributed by atoms with Crippen LogP contribution in [0.15, 0.2) is 11.6 Å². The summed E-state index contributed by atoms with van der Waals surface area (Å²) in [5.41, 5.74) is 2.86. The van der Waals surface area contributed by atoms with E-state index in [1.54, 1.807) is 0 Å². The van der Waals surface area contributed by atoms with Crippen LogP contribution in [0.3, 0.4) is 0 Å². The molecule has 1 aliphatic heterocycles. The zero-order valence-corrected chi connectivity index (χ0v) is 22.3. The molecule has 2 nitrogen and oxygen atoms in total.